The molecule has 0 saturated carbocycles. The lowest BCUT2D eigenvalue weighted by Gasteiger charge is -2.28. The fourth-order valence-electron chi connectivity index (χ4n) is 2.36. The average molecular weight is 320 g/mol. The predicted molar refractivity (Wildman–Crippen MR) is 84.0 cm³/mol. The van der Waals surface area contributed by atoms with Gasteiger partial charge in [-0.1, -0.05) is 30.3 Å². The highest BCUT2D eigenvalue weighted by atomic mass is 19.1. The third kappa shape index (κ3) is 4.50. The van der Waals surface area contributed by atoms with E-state index < -0.39 is 17.7 Å². The molecule has 6 heteroatoms. The molecule has 2 rings (SSSR count). The van der Waals surface area contributed by atoms with E-state index in [1.54, 1.807) is 7.05 Å². The third-order valence-electron chi connectivity index (χ3n) is 3.49. The molecular weight excluding hydrogens is 302 g/mol. The second-order valence-electron chi connectivity index (χ2n) is 5.14. The number of anilines is 1. The number of hydrogen-bond acceptors (Lipinski definition) is 2. The van der Waals surface area contributed by atoms with E-state index in [1.165, 1.54) is 4.90 Å². The molecule has 2 amide bonds. The zero-order valence-electron chi connectivity index (χ0n) is 12.7. The highest BCUT2D eigenvalue weighted by Gasteiger charge is 2.21. The van der Waals surface area contributed by atoms with Gasteiger partial charge < -0.3 is 15.3 Å². The van der Waals surface area contributed by atoms with Crippen LogP contribution in [0.5, 0.6) is 0 Å². The number of amides is 2. The van der Waals surface area contributed by atoms with Crippen LogP contribution >= 0.6 is 0 Å². The van der Waals surface area contributed by atoms with Gasteiger partial charge in [-0.25, -0.2) is 13.6 Å². The van der Waals surface area contributed by atoms with Crippen molar-refractivity contribution in [2.45, 2.75) is 12.5 Å². The average Bonchev–Trinajstić information content (AvgIpc) is 2.51. The van der Waals surface area contributed by atoms with Crippen molar-refractivity contribution in [3.05, 3.63) is 65.7 Å². The Hall–Kier alpha value is -2.47. The molecule has 0 aliphatic rings. The largest absolute Gasteiger partial charge is 0.396 e. The molecule has 23 heavy (non-hydrogen) atoms. The van der Waals surface area contributed by atoms with Gasteiger partial charge in [0.2, 0.25) is 0 Å². The molecule has 0 heterocycles. The zero-order valence-corrected chi connectivity index (χ0v) is 12.7. The molecule has 0 saturated heterocycles. The molecule has 0 aliphatic heterocycles. The van der Waals surface area contributed by atoms with Gasteiger partial charge in [-0.05, 0) is 24.1 Å². The number of rotatable bonds is 5. The summed E-state index contributed by atoms with van der Waals surface area (Å²) in [6.45, 7) is -0.0915. The summed E-state index contributed by atoms with van der Waals surface area (Å²) in [5, 5.41) is 11.7. The van der Waals surface area contributed by atoms with Crippen molar-refractivity contribution < 1.29 is 18.7 Å². The van der Waals surface area contributed by atoms with Crippen LogP contribution in [0.25, 0.3) is 0 Å². The fraction of sp³-hybridized carbons (Fsp3) is 0.235. The van der Waals surface area contributed by atoms with Crippen LogP contribution in [0.15, 0.2) is 48.5 Å². The van der Waals surface area contributed by atoms with Gasteiger partial charge >= 0.3 is 6.03 Å². The SMILES string of the molecule is CN(C(=O)Nc1cc(F)cc(F)c1)C(CCO)c1ccccc1. The molecule has 1 unspecified atom stereocenters. The molecule has 1 atom stereocenters. The Morgan fingerprint density at radius 1 is 1.17 bits per heavy atom. The summed E-state index contributed by atoms with van der Waals surface area (Å²) in [6.07, 6.45) is 0.353. The molecule has 0 bridgehead atoms. The van der Waals surface area contributed by atoms with Gasteiger partial charge in [0.05, 0.1) is 6.04 Å². The second kappa shape index (κ2) is 7.69. The molecule has 4 nitrogen and oxygen atoms in total. The molecule has 0 radical (unpaired) electrons. The Kier molecular flexibility index (Phi) is 5.65. The Balaban J connectivity index is 2.15. The van der Waals surface area contributed by atoms with Crippen LogP contribution < -0.4 is 5.32 Å². The lowest BCUT2D eigenvalue weighted by atomic mass is 10.0. The summed E-state index contributed by atoms with van der Waals surface area (Å²) in [5.41, 5.74) is 0.903. The highest BCUT2D eigenvalue weighted by molar-refractivity contribution is 5.89. The van der Waals surface area contributed by atoms with Gasteiger partial charge in [0.1, 0.15) is 11.6 Å². The lowest BCUT2D eigenvalue weighted by Crippen LogP contribution is -2.35. The quantitative estimate of drug-likeness (QED) is 0.885. The number of nitrogens with zero attached hydrogens (tertiary/aromatic N) is 1. The van der Waals surface area contributed by atoms with Crippen LogP contribution in [-0.2, 0) is 0 Å². The maximum Gasteiger partial charge on any atom is 0.322 e. The van der Waals surface area contributed by atoms with Crippen LogP contribution in [-0.4, -0.2) is 29.7 Å². The van der Waals surface area contributed by atoms with E-state index in [0.29, 0.717) is 6.42 Å². The van der Waals surface area contributed by atoms with Gasteiger partial charge in [0.15, 0.2) is 0 Å². The van der Waals surface area contributed by atoms with Crippen molar-refractivity contribution in [1.29, 1.82) is 0 Å². The van der Waals surface area contributed by atoms with Crippen LogP contribution in [0.2, 0.25) is 0 Å². The smallest absolute Gasteiger partial charge is 0.322 e. The second-order valence-corrected chi connectivity index (χ2v) is 5.14. The molecule has 2 aromatic carbocycles. The van der Waals surface area contributed by atoms with Gasteiger partial charge in [-0.3, -0.25) is 0 Å². The maximum absolute atomic E-state index is 13.2. The van der Waals surface area contributed by atoms with Crippen LogP contribution in [0.4, 0.5) is 19.3 Å². The first-order chi connectivity index (χ1) is 11.0. The van der Waals surface area contributed by atoms with Crippen LogP contribution in [0.3, 0.4) is 0 Å². The number of halogens is 2. The van der Waals surface area contributed by atoms with Crippen molar-refractivity contribution >= 4 is 11.7 Å². The van der Waals surface area contributed by atoms with Gasteiger partial charge in [-0.2, -0.15) is 0 Å². The summed E-state index contributed by atoms with van der Waals surface area (Å²) in [7, 11) is 1.57. The topological polar surface area (TPSA) is 52.6 Å². The Labute approximate surface area is 133 Å². The van der Waals surface area contributed by atoms with Crippen molar-refractivity contribution in [1.82, 2.24) is 4.90 Å². The molecule has 0 aliphatic carbocycles. The minimum absolute atomic E-state index is 0.0372. The number of aliphatic hydroxyl groups excluding tert-OH is 1. The molecular formula is C17H18F2N2O2. The molecule has 0 aromatic heterocycles. The Morgan fingerprint density at radius 2 is 1.78 bits per heavy atom. The zero-order chi connectivity index (χ0) is 16.8. The van der Waals surface area contributed by atoms with E-state index >= 15 is 0 Å². The summed E-state index contributed by atoms with van der Waals surface area (Å²) in [5.74, 6) is -1.53. The van der Waals surface area contributed by atoms with Crippen LogP contribution in [0, 0.1) is 11.6 Å². The maximum atomic E-state index is 13.2. The highest BCUT2D eigenvalue weighted by Crippen LogP contribution is 2.24. The third-order valence-corrected chi connectivity index (χ3v) is 3.49. The molecule has 0 fully saturated rings. The first-order valence-corrected chi connectivity index (χ1v) is 7.17. The van der Waals surface area contributed by atoms with Crippen molar-refractivity contribution in [2.24, 2.45) is 0 Å². The number of aliphatic hydroxyl groups is 1. The lowest BCUT2D eigenvalue weighted by molar-refractivity contribution is 0.184. The summed E-state index contributed by atoms with van der Waals surface area (Å²) >= 11 is 0. The normalized spacial score (nSPS) is 11.8. The predicted octanol–water partition coefficient (Wildman–Crippen LogP) is 3.55. The number of hydrogen-bond donors (Lipinski definition) is 2. The van der Waals surface area contributed by atoms with Gasteiger partial charge in [-0.15, -0.1) is 0 Å². The van der Waals surface area contributed by atoms with Gasteiger partial charge in [0, 0.05) is 25.4 Å². The first-order valence-electron chi connectivity index (χ1n) is 7.17. The van der Waals surface area contributed by atoms with Gasteiger partial charge in [0.25, 0.3) is 0 Å². The van der Waals surface area contributed by atoms with Crippen molar-refractivity contribution in [2.75, 3.05) is 19.0 Å². The fourth-order valence-corrected chi connectivity index (χ4v) is 2.36. The van der Waals surface area contributed by atoms with E-state index in [2.05, 4.69) is 5.32 Å². The van der Waals surface area contributed by atoms with E-state index in [9.17, 15) is 18.7 Å². The van der Waals surface area contributed by atoms with E-state index in [4.69, 9.17) is 0 Å². The monoisotopic (exact) mass is 320 g/mol. The minimum Gasteiger partial charge on any atom is -0.396 e. The van der Waals surface area contributed by atoms with E-state index in [1.807, 2.05) is 30.3 Å². The number of nitrogens with one attached hydrogen (secondary N) is 1. The Morgan fingerprint density at radius 3 is 2.35 bits per heavy atom. The van der Waals surface area contributed by atoms with E-state index in [0.717, 1.165) is 23.8 Å². The number of benzene rings is 2. The number of carbonyl (C=O) groups is 1. The molecule has 2 aromatic rings. The number of carbonyl (C=O) groups excluding carboxylic acids is 1. The van der Waals surface area contributed by atoms with Crippen molar-refractivity contribution in [3.63, 3.8) is 0 Å². The Bertz CT molecular complexity index is 645. The molecule has 2 N–H and O–H groups in total. The summed E-state index contributed by atoms with van der Waals surface area (Å²) in [6, 6.07) is 11.2. The standard InChI is InChI=1S/C17H18F2N2O2/c1-21(16(7-8-22)12-5-3-2-4-6-12)17(23)20-15-10-13(18)9-14(19)11-15/h2-6,9-11,16,22H,7-8H2,1H3,(H,20,23). The number of urea groups is 1. The molecule has 0 spiro atoms. The minimum atomic E-state index is -0.766. The first kappa shape index (κ1) is 16.9. The summed E-state index contributed by atoms with van der Waals surface area (Å²) < 4.78 is 26.4. The van der Waals surface area contributed by atoms with E-state index in [-0.39, 0.29) is 18.3 Å². The molecule has 122 valence electrons. The summed E-state index contributed by atoms with van der Waals surface area (Å²) in [4.78, 5) is 13.7. The van der Waals surface area contributed by atoms with Crippen LogP contribution in [0.1, 0.15) is 18.0 Å². The van der Waals surface area contributed by atoms with Crippen molar-refractivity contribution in [3.8, 4) is 0 Å².